The fourth-order valence-electron chi connectivity index (χ4n) is 2.39. The van der Waals surface area contributed by atoms with Crippen LogP contribution in [0.5, 0.6) is 0 Å². The maximum atomic E-state index is 12.4. The lowest BCUT2D eigenvalue weighted by Crippen LogP contribution is -2.49. The van der Waals surface area contributed by atoms with Crippen LogP contribution < -0.4 is 5.32 Å². The number of carboxylic acids is 1. The van der Waals surface area contributed by atoms with E-state index in [0.29, 0.717) is 5.56 Å². The number of carboxylic acid groups (broad SMARTS) is 1. The average Bonchev–Trinajstić information content (AvgIpc) is 2.22. The molecule has 0 spiro atoms. The highest BCUT2D eigenvalue weighted by Gasteiger charge is 2.33. The van der Waals surface area contributed by atoms with Crippen LogP contribution in [0.2, 0.25) is 0 Å². The molecule has 0 unspecified atom stereocenters. The smallest absolute Gasteiger partial charge is 0.326 e. The number of aliphatic carboxylic acids is 1. The Morgan fingerprint density at radius 1 is 1.10 bits per heavy atom. The highest BCUT2D eigenvalue weighted by Crippen LogP contribution is 2.21. The predicted octanol–water partition coefficient (Wildman–Crippen LogP) is 2.84. The molecule has 0 aliphatic carbocycles. The highest BCUT2D eigenvalue weighted by atomic mass is 16.4. The summed E-state index contributed by atoms with van der Waals surface area (Å²) >= 11 is 0. The van der Waals surface area contributed by atoms with Gasteiger partial charge >= 0.3 is 5.97 Å². The summed E-state index contributed by atoms with van der Waals surface area (Å²) in [5.74, 6) is -1.35. The third-order valence-electron chi connectivity index (χ3n) is 3.29. The van der Waals surface area contributed by atoms with Crippen LogP contribution in [-0.4, -0.2) is 23.0 Å². The molecule has 1 aromatic carbocycles. The predicted molar refractivity (Wildman–Crippen MR) is 79.0 cm³/mol. The second-order valence-electron chi connectivity index (χ2n) is 6.38. The van der Waals surface area contributed by atoms with Gasteiger partial charge in [0.2, 0.25) is 0 Å². The van der Waals surface area contributed by atoms with E-state index < -0.39 is 17.4 Å². The number of carbonyl (C=O) groups excluding carboxylic acids is 1. The van der Waals surface area contributed by atoms with Gasteiger partial charge in [-0.1, -0.05) is 38.5 Å². The number of aryl methyl sites for hydroxylation is 3. The van der Waals surface area contributed by atoms with Gasteiger partial charge in [-0.15, -0.1) is 0 Å². The Morgan fingerprint density at radius 2 is 1.55 bits per heavy atom. The van der Waals surface area contributed by atoms with Crippen LogP contribution in [0.25, 0.3) is 0 Å². The Kier molecular flexibility index (Phi) is 4.58. The maximum Gasteiger partial charge on any atom is 0.326 e. The van der Waals surface area contributed by atoms with Crippen molar-refractivity contribution in [3.05, 3.63) is 34.4 Å². The number of rotatable bonds is 3. The van der Waals surface area contributed by atoms with Crippen LogP contribution in [0, 0.1) is 26.2 Å². The minimum absolute atomic E-state index is 0.331. The minimum Gasteiger partial charge on any atom is -0.480 e. The monoisotopic (exact) mass is 277 g/mol. The molecular formula is C16H23NO3. The molecule has 1 aromatic rings. The molecular weight excluding hydrogens is 254 g/mol. The van der Waals surface area contributed by atoms with Crippen molar-refractivity contribution in [3.8, 4) is 0 Å². The summed E-state index contributed by atoms with van der Waals surface area (Å²) in [6.45, 7) is 11.1. The van der Waals surface area contributed by atoms with E-state index in [0.717, 1.165) is 16.7 Å². The first-order valence-corrected chi connectivity index (χ1v) is 6.65. The summed E-state index contributed by atoms with van der Waals surface area (Å²) in [5, 5.41) is 11.9. The normalized spacial score (nSPS) is 12.9. The minimum atomic E-state index is -1.02. The van der Waals surface area contributed by atoms with E-state index in [1.807, 2.05) is 32.9 Å². The Labute approximate surface area is 120 Å². The molecule has 1 amide bonds. The summed E-state index contributed by atoms with van der Waals surface area (Å²) in [6, 6.07) is 2.93. The lowest BCUT2D eigenvalue weighted by molar-refractivity contribution is -0.142. The van der Waals surface area contributed by atoms with Gasteiger partial charge in [0.25, 0.3) is 5.91 Å². The molecule has 0 aromatic heterocycles. The number of amides is 1. The summed E-state index contributed by atoms with van der Waals surface area (Å²) in [7, 11) is 0. The lowest BCUT2D eigenvalue weighted by Gasteiger charge is -2.28. The van der Waals surface area contributed by atoms with Crippen molar-refractivity contribution in [1.29, 1.82) is 0 Å². The third kappa shape index (κ3) is 3.59. The quantitative estimate of drug-likeness (QED) is 0.892. The molecule has 110 valence electrons. The molecule has 0 radical (unpaired) electrons. The first kappa shape index (κ1) is 16.2. The van der Waals surface area contributed by atoms with Gasteiger partial charge in [0.05, 0.1) is 0 Å². The Bertz CT molecular complexity index is 518. The van der Waals surface area contributed by atoms with Crippen LogP contribution in [0.3, 0.4) is 0 Å². The van der Waals surface area contributed by atoms with E-state index in [1.54, 1.807) is 20.8 Å². The fourth-order valence-corrected chi connectivity index (χ4v) is 2.39. The zero-order valence-corrected chi connectivity index (χ0v) is 13.0. The van der Waals surface area contributed by atoms with Crippen molar-refractivity contribution in [2.75, 3.05) is 0 Å². The Balaban J connectivity index is 3.11. The first-order valence-electron chi connectivity index (χ1n) is 6.65. The summed E-state index contributed by atoms with van der Waals surface area (Å²) in [5.41, 5.74) is 2.82. The van der Waals surface area contributed by atoms with E-state index in [9.17, 15) is 14.7 Å². The van der Waals surface area contributed by atoms with Gasteiger partial charge in [-0.05, 0) is 37.3 Å². The second-order valence-corrected chi connectivity index (χ2v) is 6.38. The van der Waals surface area contributed by atoms with Crippen LogP contribution >= 0.6 is 0 Å². The zero-order valence-electron chi connectivity index (χ0n) is 13.0. The van der Waals surface area contributed by atoms with Crippen molar-refractivity contribution in [3.63, 3.8) is 0 Å². The Hall–Kier alpha value is -1.84. The number of hydrogen-bond donors (Lipinski definition) is 2. The summed E-state index contributed by atoms with van der Waals surface area (Å²) in [4.78, 5) is 23.7. The molecule has 1 rings (SSSR count). The maximum absolute atomic E-state index is 12.4. The van der Waals surface area contributed by atoms with E-state index >= 15 is 0 Å². The number of carbonyl (C=O) groups is 2. The van der Waals surface area contributed by atoms with E-state index in [1.165, 1.54) is 0 Å². The van der Waals surface area contributed by atoms with Crippen molar-refractivity contribution >= 4 is 11.9 Å². The van der Waals surface area contributed by atoms with E-state index in [2.05, 4.69) is 5.32 Å². The van der Waals surface area contributed by atoms with Crippen LogP contribution in [0.1, 0.15) is 47.8 Å². The second kappa shape index (κ2) is 5.65. The van der Waals surface area contributed by atoms with Crippen LogP contribution in [0.4, 0.5) is 0 Å². The zero-order chi connectivity index (χ0) is 15.7. The van der Waals surface area contributed by atoms with Gasteiger partial charge in [-0.2, -0.15) is 0 Å². The van der Waals surface area contributed by atoms with Gasteiger partial charge in [-0.3, -0.25) is 4.79 Å². The van der Waals surface area contributed by atoms with Crippen LogP contribution in [-0.2, 0) is 4.79 Å². The molecule has 0 aliphatic rings. The number of nitrogens with one attached hydrogen (secondary N) is 1. The summed E-state index contributed by atoms with van der Waals surface area (Å²) in [6.07, 6.45) is 0. The van der Waals surface area contributed by atoms with E-state index in [-0.39, 0.29) is 5.91 Å². The molecule has 0 heterocycles. The van der Waals surface area contributed by atoms with Crippen molar-refractivity contribution in [2.45, 2.75) is 47.6 Å². The molecule has 2 N–H and O–H groups in total. The SMILES string of the molecule is Cc1cc(C)c(C(=O)N[C@H](C(=O)O)C(C)(C)C)c(C)c1. The molecule has 4 nitrogen and oxygen atoms in total. The highest BCUT2D eigenvalue weighted by molar-refractivity contribution is 5.99. The molecule has 0 saturated carbocycles. The third-order valence-corrected chi connectivity index (χ3v) is 3.29. The van der Waals surface area contributed by atoms with Crippen molar-refractivity contribution in [2.24, 2.45) is 5.41 Å². The molecule has 20 heavy (non-hydrogen) atoms. The van der Waals surface area contributed by atoms with Gasteiger partial charge in [0.15, 0.2) is 0 Å². The number of benzene rings is 1. The van der Waals surface area contributed by atoms with Gasteiger partial charge < -0.3 is 10.4 Å². The Morgan fingerprint density at radius 3 is 1.90 bits per heavy atom. The summed E-state index contributed by atoms with van der Waals surface area (Å²) < 4.78 is 0. The molecule has 0 fully saturated rings. The van der Waals surface area contributed by atoms with E-state index in [4.69, 9.17) is 0 Å². The average molecular weight is 277 g/mol. The first-order chi connectivity index (χ1) is 9.04. The topological polar surface area (TPSA) is 66.4 Å². The van der Waals surface area contributed by atoms with Gasteiger partial charge in [-0.25, -0.2) is 4.79 Å². The van der Waals surface area contributed by atoms with Crippen molar-refractivity contribution in [1.82, 2.24) is 5.32 Å². The lowest BCUT2D eigenvalue weighted by atomic mass is 9.86. The van der Waals surface area contributed by atoms with Crippen LogP contribution in [0.15, 0.2) is 12.1 Å². The molecule has 1 atom stereocenters. The molecule has 0 bridgehead atoms. The largest absolute Gasteiger partial charge is 0.480 e. The molecule has 0 aliphatic heterocycles. The van der Waals surface area contributed by atoms with Gasteiger partial charge in [0, 0.05) is 5.56 Å². The standard InChI is InChI=1S/C16H23NO3/c1-9-7-10(2)12(11(3)8-9)14(18)17-13(15(19)20)16(4,5)6/h7-8,13H,1-6H3,(H,17,18)(H,19,20)/t13-/m1/s1. The number of hydrogen-bond acceptors (Lipinski definition) is 2. The molecule has 0 saturated heterocycles. The fraction of sp³-hybridized carbons (Fsp3) is 0.500. The molecule has 4 heteroatoms. The van der Waals surface area contributed by atoms with Crippen molar-refractivity contribution < 1.29 is 14.7 Å². The van der Waals surface area contributed by atoms with Gasteiger partial charge in [0.1, 0.15) is 6.04 Å².